The summed E-state index contributed by atoms with van der Waals surface area (Å²) in [6, 6.07) is 0. The standard InChI is InChI=1S/C11H16O4S/c1-3-4-9(16-2)7-8-15-11(14)6-5-10(12)13/h3,5-6,9H,1,4,7-8H2,2H3,(H,12,13)/b6-5-. The predicted octanol–water partition coefficient (Wildman–Crippen LogP) is 1.87. The van der Waals surface area contributed by atoms with Gasteiger partial charge in [0.1, 0.15) is 0 Å². The van der Waals surface area contributed by atoms with Gasteiger partial charge >= 0.3 is 11.9 Å². The van der Waals surface area contributed by atoms with Gasteiger partial charge in [0.15, 0.2) is 0 Å². The first-order valence-electron chi connectivity index (χ1n) is 4.81. The Balaban J connectivity index is 3.75. The van der Waals surface area contributed by atoms with E-state index >= 15 is 0 Å². The molecule has 90 valence electrons. The quantitative estimate of drug-likeness (QED) is 0.401. The van der Waals surface area contributed by atoms with Crippen molar-refractivity contribution in [3.05, 3.63) is 24.8 Å². The second kappa shape index (κ2) is 9.03. The molecule has 0 fully saturated rings. The summed E-state index contributed by atoms with van der Waals surface area (Å²) in [4.78, 5) is 21.1. The number of hydrogen-bond acceptors (Lipinski definition) is 4. The molecule has 0 aliphatic heterocycles. The molecule has 1 atom stereocenters. The van der Waals surface area contributed by atoms with E-state index < -0.39 is 11.9 Å². The van der Waals surface area contributed by atoms with Gasteiger partial charge in [0, 0.05) is 17.4 Å². The van der Waals surface area contributed by atoms with Crippen LogP contribution in [0.4, 0.5) is 0 Å². The maximum absolute atomic E-state index is 11.0. The van der Waals surface area contributed by atoms with Crippen molar-refractivity contribution in [2.75, 3.05) is 12.9 Å². The van der Waals surface area contributed by atoms with E-state index in [1.54, 1.807) is 11.8 Å². The minimum absolute atomic E-state index is 0.294. The van der Waals surface area contributed by atoms with Crippen molar-refractivity contribution in [2.24, 2.45) is 0 Å². The van der Waals surface area contributed by atoms with Gasteiger partial charge in [-0.2, -0.15) is 11.8 Å². The van der Waals surface area contributed by atoms with Gasteiger partial charge in [0.05, 0.1) is 6.61 Å². The second-order valence-electron chi connectivity index (χ2n) is 3.01. The van der Waals surface area contributed by atoms with E-state index in [0.29, 0.717) is 11.9 Å². The highest BCUT2D eigenvalue weighted by molar-refractivity contribution is 7.99. The average molecular weight is 244 g/mol. The van der Waals surface area contributed by atoms with Crippen LogP contribution in [0.25, 0.3) is 0 Å². The number of rotatable bonds is 8. The van der Waals surface area contributed by atoms with Gasteiger partial charge in [-0.3, -0.25) is 0 Å². The third-order valence-electron chi connectivity index (χ3n) is 1.81. The zero-order valence-electron chi connectivity index (χ0n) is 9.22. The summed E-state index contributed by atoms with van der Waals surface area (Å²) >= 11 is 1.69. The summed E-state index contributed by atoms with van der Waals surface area (Å²) in [5, 5.41) is 8.66. The van der Waals surface area contributed by atoms with Crippen LogP contribution in [-0.2, 0) is 14.3 Å². The topological polar surface area (TPSA) is 63.6 Å². The fraction of sp³-hybridized carbons (Fsp3) is 0.455. The predicted molar refractivity (Wildman–Crippen MR) is 64.5 cm³/mol. The molecule has 1 N–H and O–H groups in total. The first kappa shape index (κ1) is 14.8. The summed E-state index contributed by atoms with van der Waals surface area (Å²) in [6.45, 7) is 3.94. The van der Waals surface area contributed by atoms with Crippen LogP contribution in [0.2, 0.25) is 0 Å². The van der Waals surface area contributed by atoms with Gasteiger partial charge in [0.25, 0.3) is 0 Å². The molecule has 0 aromatic heterocycles. The highest BCUT2D eigenvalue weighted by Gasteiger charge is 2.06. The van der Waals surface area contributed by atoms with E-state index in [1.165, 1.54) is 0 Å². The molecule has 0 saturated heterocycles. The number of allylic oxidation sites excluding steroid dienone is 1. The number of carbonyl (C=O) groups is 2. The van der Waals surface area contributed by atoms with Crippen molar-refractivity contribution in [3.8, 4) is 0 Å². The molecule has 0 aliphatic carbocycles. The lowest BCUT2D eigenvalue weighted by molar-refractivity contribution is -0.138. The van der Waals surface area contributed by atoms with Gasteiger partial charge in [-0.05, 0) is 19.1 Å². The van der Waals surface area contributed by atoms with Crippen LogP contribution in [0.3, 0.4) is 0 Å². The summed E-state index contributed by atoms with van der Waals surface area (Å²) in [5.74, 6) is -1.79. The summed E-state index contributed by atoms with van der Waals surface area (Å²) in [7, 11) is 0. The number of carbonyl (C=O) groups excluding carboxylic acids is 1. The number of carboxylic acids is 1. The van der Waals surface area contributed by atoms with Crippen LogP contribution in [0.1, 0.15) is 12.8 Å². The van der Waals surface area contributed by atoms with Gasteiger partial charge in [-0.15, -0.1) is 6.58 Å². The number of thioether (sulfide) groups is 1. The molecule has 5 heteroatoms. The lowest BCUT2D eigenvalue weighted by Crippen LogP contribution is -2.09. The van der Waals surface area contributed by atoms with Crippen molar-refractivity contribution in [2.45, 2.75) is 18.1 Å². The fourth-order valence-electron chi connectivity index (χ4n) is 0.996. The van der Waals surface area contributed by atoms with E-state index in [4.69, 9.17) is 9.84 Å². The first-order valence-corrected chi connectivity index (χ1v) is 6.10. The minimum atomic E-state index is -1.16. The Kier molecular flexibility index (Phi) is 8.34. The number of hydrogen-bond donors (Lipinski definition) is 1. The molecule has 0 rings (SSSR count). The monoisotopic (exact) mass is 244 g/mol. The van der Waals surface area contributed by atoms with E-state index in [-0.39, 0.29) is 0 Å². The highest BCUT2D eigenvalue weighted by Crippen LogP contribution is 2.15. The Bertz CT molecular complexity index is 273. The van der Waals surface area contributed by atoms with E-state index in [9.17, 15) is 9.59 Å². The zero-order chi connectivity index (χ0) is 12.4. The van der Waals surface area contributed by atoms with E-state index in [0.717, 1.165) is 25.0 Å². The van der Waals surface area contributed by atoms with Crippen molar-refractivity contribution in [1.29, 1.82) is 0 Å². The molecule has 0 radical (unpaired) electrons. The number of ether oxygens (including phenoxy) is 1. The summed E-state index contributed by atoms with van der Waals surface area (Å²) in [5.41, 5.74) is 0. The molecular weight excluding hydrogens is 228 g/mol. The van der Waals surface area contributed by atoms with Crippen molar-refractivity contribution < 1.29 is 19.4 Å². The molecule has 0 heterocycles. The van der Waals surface area contributed by atoms with Crippen LogP contribution in [0.5, 0.6) is 0 Å². The molecule has 0 saturated carbocycles. The molecule has 0 aromatic rings. The Morgan fingerprint density at radius 2 is 2.19 bits per heavy atom. The van der Waals surface area contributed by atoms with Crippen LogP contribution in [0.15, 0.2) is 24.8 Å². The first-order chi connectivity index (χ1) is 7.60. The van der Waals surface area contributed by atoms with Crippen molar-refractivity contribution >= 4 is 23.7 Å². The summed E-state index contributed by atoms with van der Waals surface area (Å²) in [6.07, 6.45) is 7.08. The molecule has 0 amide bonds. The van der Waals surface area contributed by atoms with E-state index in [2.05, 4.69) is 6.58 Å². The summed E-state index contributed by atoms with van der Waals surface area (Å²) < 4.78 is 4.83. The highest BCUT2D eigenvalue weighted by atomic mass is 32.2. The number of carboxylic acid groups (broad SMARTS) is 1. The van der Waals surface area contributed by atoms with Crippen LogP contribution < -0.4 is 0 Å². The molecule has 0 aromatic carbocycles. The Hall–Kier alpha value is -1.23. The van der Waals surface area contributed by atoms with Crippen molar-refractivity contribution in [3.63, 3.8) is 0 Å². The average Bonchev–Trinajstić information content (AvgIpc) is 2.25. The maximum Gasteiger partial charge on any atom is 0.331 e. The lowest BCUT2D eigenvalue weighted by Gasteiger charge is -2.11. The smallest absolute Gasteiger partial charge is 0.331 e. The van der Waals surface area contributed by atoms with Crippen LogP contribution in [0, 0.1) is 0 Å². The van der Waals surface area contributed by atoms with Gasteiger partial charge in [-0.25, -0.2) is 9.59 Å². The maximum atomic E-state index is 11.0. The number of aliphatic carboxylic acids is 1. The van der Waals surface area contributed by atoms with Gasteiger partial charge in [-0.1, -0.05) is 6.08 Å². The van der Waals surface area contributed by atoms with Crippen LogP contribution in [-0.4, -0.2) is 35.2 Å². The molecule has 16 heavy (non-hydrogen) atoms. The minimum Gasteiger partial charge on any atom is -0.478 e. The zero-order valence-corrected chi connectivity index (χ0v) is 10.0. The third kappa shape index (κ3) is 8.11. The molecule has 0 aliphatic rings. The molecule has 0 bridgehead atoms. The number of esters is 1. The fourth-order valence-corrected chi connectivity index (χ4v) is 1.66. The van der Waals surface area contributed by atoms with Crippen LogP contribution >= 0.6 is 11.8 Å². The van der Waals surface area contributed by atoms with E-state index in [1.807, 2.05) is 12.3 Å². The largest absolute Gasteiger partial charge is 0.478 e. The van der Waals surface area contributed by atoms with Crippen molar-refractivity contribution in [1.82, 2.24) is 0 Å². The molecule has 4 nitrogen and oxygen atoms in total. The normalized spacial score (nSPS) is 12.3. The Morgan fingerprint density at radius 1 is 1.50 bits per heavy atom. The van der Waals surface area contributed by atoms with Gasteiger partial charge in [0.2, 0.25) is 0 Å². The molecule has 0 spiro atoms. The molecular formula is C11H16O4S. The Morgan fingerprint density at radius 3 is 2.69 bits per heavy atom. The second-order valence-corrected chi connectivity index (χ2v) is 4.15. The van der Waals surface area contributed by atoms with Gasteiger partial charge < -0.3 is 9.84 Å². The Labute approximate surface area is 99.4 Å². The molecule has 1 unspecified atom stereocenters. The lowest BCUT2D eigenvalue weighted by atomic mass is 10.2. The third-order valence-corrected chi connectivity index (χ3v) is 2.90. The SMILES string of the molecule is C=CCC(CCOC(=O)/C=C\C(=O)O)SC.